The van der Waals surface area contributed by atoms with Gasteiger partial charge in [0.25, 0.3) is 5.69 Å². The van der Waals surface area contributed by atoms with Crippen LogP contribution in [0, 0.1) is 10.1 Å². The van der Waals surface area contributed by atoms with Crippen molar-refractivity contribution < 1.29 is 4.92 Å². The maximum atomic E-state index is 10.2. The Morgan fingerprint density at radius 3 is 2.17 bits per heavy atom. The highest BCUT2D eigenvalue weighted by Crippen LogP contribution is 2.10. The summed E-state index contributed by atoms with van der Waals surface area (Å²) in [5.41, 5.74) is 6.30. The number of nitro benzene ring substituents is 1. The third-order valence-corrected chi connectivity index (χ3v) is 1.38. The molecule has 66 valence electrons. The Kier molecular flexibility index (Phi) is 3.93. The summed E-state index contributed by atoms with van der Waals surface area (Å²) in [5.74, 6) is 0. The van der Waals surface area contributed by atoms with Gasteiger partial charge in [-0.15, -0.1) is 0 Å². The summed E-state index contributed by atoms with van der Waals surface area (Å²) in [6.45, 7) is 0.415. The van der Waals surface area contributed by atoms with Gasteiger partial charge in [0.1, 0.15) is 0 Å². The summed E-state index contributed by atoms with van der Waals surface area (Å²) in [6.07, 6.45) is 0. The summed E-state index contributed by atoms with van der Waals surface area (Å²) < 4.78 is 0. The fourth-order valence-corrected chi connectivity index (χ4v) is 0.754. The van der Waals surface area contributed by atoms with Gasteiger partial charge in [-0.25, -0.2) is 0 Å². The molecule has 1 aromatic carbocycles. The molecule has 0 amide bonds. The van der Waals surface area contributed by atoms with Gasteiger partial charge < -0.3 is 5.73 Å². The van der Waals surface area contributed by atoms with E-state index in [1.165, 1.54) is 12.1 Å². The van der Waals surface area contributed by atoms with Crippen LogP contribution >= 0.6 is 0 Å². The molecule has 0 aliphatic heterocycles. The average molecular weight is 168 g/mol. The first-order chi connectivity index (χ1) is 5.24. The van der Waals surface area contributed by atoms with Crippen LogP contribution in [-0.2, 0) is 6.54 Å². The Hall–Kier alpha value is -1.42. The van der Waals surface area contributed by atoms with Crippen LogP contribution in [0.25, 0.3) is 0 Å². The molecule has 12 heavy (non-hydrogen) atoms. The molecule has 0 saturated carbocycles. The van der Waals surface area contributed by atoms with Crippen molar-refractivity contribution in [1.29, 1.82) is 0 Å². The second-order valence-corrected chi connectivity index (χ2v) is 2.13. The first kappa shape index (κ1) is 10.6. The van der Waals surface area contributed by atoms with Crippen LogP contribution < -0.4 is 5.73 Å². The van der Waals surface area contributed by atoms with Gasteiger partial charge in [0.2, 0.25) is 0 Å². The molecule has 0 aromatic heterocycles. The van der Waals surface area contributed by atoms with Gasteiger partial charge >= 0.3 is 0 Å². The van der Waals surface area contributed by atoms with Crippen LogP contribution in [0.4, 0.5) is 5.69 Å². The molecule has 0 aliphatic rings. The van der Waals surface area contributed by atoms with E-state index in [0.717, 1.165) is 5.56 Å². The van der Waals surface area contributed by atoms with E-state index in [1.807, 2.05) is 0 Å². The molecule has 0 atom stereocenters. The van der Waals surface area contributed by atoms with E-state index in [0.29, 0.717) is 6.54 Å². The van der Waals surface area contributed by atoms with Crippen molar-refractivity contribution in [3.05, 3.63) is 39.9 Å². The Labute approximate surface area is 71.2 Å². The summed E-state index contributed by atoms with van der Waals surface area (Å²) in [4.78, 5) is 9.74. The third-order valence-electron chi connectivity index (χ3n) is 1.38. The van der Waals surface area contributed by atoms with E-state index in [1.54, 1.807) is 12.1 Å². The van der Waals surface area contributed by atoms with E-state index in [4.69, 9.17) is 5.73 Å². The molecule has 0 radical (unpaired) electrons. The summed E-state index contributed by atoms with van der Waals surface area (Å²) in [7, 11) is 0. The predicted octanol–water partition coefficient (Wildman–Crippen LogP) is 1.69. The highest BCUT2D eigenvalue weighted by atomic mass is 16.6. The monoisotopic (exact) mass is 168 g/mol. The maximum Gasteiger partial charge on any atom is 0.269 e. The molecule has 1 rings (SSSR count). The van der Waals surface area contributed by atoms with Crippen molar-refractivity contribution in [2.75, 3.05) is 0 Å². The van der Waals surface area contributed by atoms with Gasteiger partial charge in [0.05, 0.1) is 4.92 Å². The molecular formula is C8H12N2O2. The molecule has 4 nitrogen and oxygen atoms in total. The van der Waals surface area contributed by atoms with E-state index in [-0.39, 0.29) is 13.1 Å². The molecule has 0 bridgehead atoms. The topological polar surface area (TPSA) is 69.2 Å². The second kappa shape index (κ2) is 4.46. The Morgan fingerprint density at radius 2 is 1.83 bits per heavy atom. The van der Waals surface area contributed by atoms with Gasteiger partial charge in [-0.05, 0) is 5.56 Å². The minimum atomic E-state index is -0.430. The number of hydrogen-bond donors (Lipinski definition) is 1. The molecule has 0 heterocycles. The molecule has 0 aliphatic carbocycles. The van der Waals surface area contributed by atoms with Crippen molar-refractivity contribution in [3.63, 3.8) is 0 Å². The normalized spacial score (nSPS) is 8.75. The van der Waals surface area contributed by atoms with Crippen molar-refractivity contribution in [2.24, 2.45) is 5.73 Å². The van der Waals surface area contributed by atoms with Crippen LogP contribution in [0.3, 0.4) is 0 Å². The molecule has 0 saturated heterocycles. The third kappa shape index (κ3) is 2.32. The first-order valence-corrected chi connectivity index (χ1v) is 3.17. The predicted molar refractivity (Wildman–Crippen MR) is 47.7 cm³/mol. The molecule has 0 spiro atoms. The molecular weight excluding hydrogens is 156 g/mol. The van der Waals surface area contributed by atoms with Gasteiger partial charge in [-0.3, -0.25) is 10.1 Å². The lowest BCUT2D eigenvalue weighted by Gasteiger charge is -1.93. The van der Waals surface area contributed by atoms with Crippen molar-refractivity contribution >= 4 is 5.69 Å². The molecule has 0 fully saturated rings. The van der Waals surface area contributed by atoms with Crippen molar-refractivity contribution in [2.45, 2.75) is 14.0 Å². The van der Waals surface area contributed by atoms with Crippen LogP contribution in [0.5, 0.6) is 0 Å². The summed E-state index contributed by atoms with van der Waals surface area (Å²) in [6, 6.07) is 6.20. The van der Waals surface area contributed by atoms with Crippen LogP contribution in [-0.4, -0.2) is 4.92 Å². The SMILES string of the molecule is C.NCc1ccc([N+](=O)[O-])cc1. The Balaban J connectivity index is 0.00000121. The van der Waals surface area contributed by atoms with Crippen LogP contribution in [0.15, 0.2) is 24.3 Å². The van der Waals surface area contributed by atoms with Crippen molar-refractivity contribution in [1.82, 2.24) is 0 Å². The lowest BCUT2D eigenvalue weighted by Crippen LogP contribution is -1.96. The number of hydrogen-bond acceptors (Lipinski definition) is 3. The fraction of sp³-hybridized carbons (Fsp3) is 0.250. The number of nitro groups is 1. The van der Waals surface area contributed by atoms with E-state index in [9.17, 15) is 10.1 Å². The number of nitrogens with zero attached hydrogens (tertiary/aromatic N) is 1. The highest BCUT2D eigenvalue weighted by Gasteiger charge is 2.01. The molecule has 1 aromatic rings. The zero-order valence-electron chi connectivity index (χ0n) is 5.86. The zero-order chi connectivity index (χ0) is 8.27. The minimum Gasteiger partial charge on any atom is -0.326 e. The minimum absolute atomic E-state index is 0. The first-order valence-electron chi connectivity index (χ1n) is 3.17. The highest BCUT2D eigenvalue weighted by molar-refractivity contribution is 5.32. The quantitative estimate of drug-likeness (QED) is 0.539. The smallest absolute Gasteiger partial charge is 0.269 e. The molecule has 0 unspecified atom stereocenters. The lowest BCUT2D eigenvalue weighted by molar-refractivity contribution is -0.384. The number of benzene rings is 1. The van der Waals surface area contributed by atoms with E-state index >= 15 is 0 Å². The number of rotatable bonds is 2. The van der Waals surface area contributed by atoms with E-state index < -0.39 is 4.92 Å². The molecule has 4 heteroatoms. The molecule has 2 N–H and O–H groups in total. The largest absolute Gasteiger partial charge is 0.326 e. The zero-order valence-corrected chi connectivity index (χ0v) is 5.86. The van der Waals surface area contributed by atoms with Gasteiger partial charge in [-0.1, -0.05) is 19.6 Å². The van der Waals surface area contributed by atoms with Crippen LogP contribution in [0.1, 0.15) is 13.0 Å². The van der Waals surface area contributed by atoms with Gasteiger partial charge in [-0.2, -0.15) is 0 Å². The van der Waals surface area contributed by atoms with Gasteiger partial charge in [0.15, 0.2) is 0 Å². The average Bonchev–Trinajstić information content (AvgIpc) is 2.05. The van der Waals surface area contributed by atoms with Crippen molar-refractivity contribution in [3.8, 4) is 0 Å². The van der Waals surface area contributed by atoms with Gasteiger partial charge in [0, 0.05) is 18.7 Å². The number of non-ortho nitro benzene ring substituents is 1. The summed E-state index contributed by atoms with van der Waals surface area (Å²) in [5, 5.41) is 10.2. The Bertz CT molecular complexity index is 256. The maximum absolute atomic E-state index is 10.2. The Morgan fingerprint density at radius 1 is 1.33 bits per heavy atom. The van der Waals surface area contributed by atoms with E-state index in [2.05, 4.69) is 0 Å². The summed E-state index contributed by atoms with van der Waals surface area (Å²) >= 11 is 0. The second-order valence-electron chi connectivity index (χ2n) is 2.13. The lowest BCUT2D eigenvalue weighted by atomic mass is 10.2. The standard InChI is InChI=1S/C7H8N2O2.CH4/c8-5-6-1-3-7(4-2-6)9(10)11;/h1-4H,5,8H2;1H4. The van der Waals surface area contributed by atoms with Crippen LogP contribution in [0.2, 0.25) is 0 Å². The fourth-order valence-electron chi connectivity index (χ4n) is 0.754. The number of nitrogens with two attached hydrogens (primary N) is 1.